The zero-order chi connectivity index (χ0) is 13.8. The Hall–Kier alpha value is -1.31. The van der Waals surface area contributed by atoms with E-state index < -0.39 is 10.2 Å². The van der Waals surface area contributed by atoms with Gasteiger partial charge in [-0.2, -0.15) is 17.4 Å². The highest BCUT2D eigenvalue weighted by Crippen LogP contribution is 2.27. The van der Waals surface area contributed by atoms with Crippen LogP contribution in [-0.4, -0.2) is 41.0 Å². The van der Waals surface area contributed by atoms with Crippen molar-refractivity contribution in [2.45, 2.75) is 6.54 Å². The maximum Gasteiger partial charge on any atom is 0.279 e. The molecule has 1 aromatic carbocycles. The summed E-state index contributed by atoms with van der Waals surface area (Å²) in [4.78, 5) is 0. The largest absolute Gasteiger partial charge is 0.493 e. The third-order valence-electron chi connectivity index (χ3n) is 2.39. The molecule has 0 radical (unpaired) electrons. The first-order chi connectivity index (χ1) is 8.40. The highest BCUT2D eigenvalue weighted by Gasteiger charge is 2.13. The molecule has 0 amide bonds. The summed E-state index contributed by atoms with van der Waals surface area (Å²) < 4.78 is 36.9. The van der Waals surface area contributed by atoms with Gasteiger partial charge in [0.25, 0.3) is 10.2 Å². The molecule has 1 aromatic rings. The summed E-state index contributed by atoms with van der Waals surface area (Å²) in [6.07, 6.45) is 0. The van der Waals surface area contributed by atoms with Crippen LogP contribution in [0.3, 0.4) is 0 Å². The van der Waals surface area contributed by atoms with Crippen LogP contribution in [0, 0.1) is 0 Å². The van der Waals surface area contributed by atoms with Gasteiger partial charge in [0.15, 0.2) is 11.5 Å². The molecular formula is C11H18N2O4S. The van der Waals surface area contributed by atoms with Gasteiger partial charge in [0, 0.05) is 20.6 Å². The number of nitrogens with one attached hydrogen (secondary N) is 1. The van der Waals surface area contributed by atoms with E-state index >= 15 is 0 Å². The highest BCUT2D eigenvalue weighted by molar-refractivity contribution is 7.87. The molecule has 0 aliphatic heterocycles. The second-order valence-corrected chi connectivity index (χ2v) is 5.77. The molecule has 1 N–H and O–H groups in total. The van der Waals surface area contributed by atoms with E-state index in [0.29, 0.717) is 11.5 Å². The molecule has 102 valence electrons. The Morgan fingerprint density at radius 3 is 2.28 bits per heavy atom. The third kappa shape index (κ3) is 3.59. The monoisotopic (exact) mass is 274 g/mol. The quantitative estimate of drug-likeness (QED) is 0.825. The van der Waals surface area contributed by atoms with Gasteiger partial charge in [-0.25, -0.2) is 0 Å². The first-order valence-corrected chi connectivity index (χ1v) is 6.72. The van der Waals surface area contributed by atoms with E-state index in [4.69, 9.17) is 9.47 Å². The molecule has 0 aliphatic carbocycles. The average molecular weight is 274 g/mol. The van der Waals surface area contributed by atoms with Crippen LogP contribution in [0.25, 0.3) is 0 Å². The molecule has 0 aliphatic rings. The van der Waals surface area contributed by atoms with Crippen molar-refractivity contribution in [2.75, 3.05) is 28.3 Å². The van der Waals surface area contributed by atoms with Gasteiger partial charge in [0.05, 0.1) is 14.2 Å². The molecule has 7 heteroatoms. The van der Waals surface area contributed by atoms with Gasteiger partial charge in [-0.1, -0.05) is 6.07 Å². The Balaban J connectivity index is 2.81. The molecule has 0 unspecified atom stereocenters. The van der Waals surface area contributed by atoms with Crippen LogP contribution in [0.2, 0.25) is 0 Å². The van der Waals surface area contributed by atoms with Crippen molar-refractivity contribution in [2.24, 2.45) is 0 Å². The van der Waals surface area contributed by atoms with Gasteiger partial charge in [0.2, 0.25) is 0 Å². The van der Waals surface area contributed by atoms with Gasteiger partial charge < -0.3 is 9.47 Å². The Morgan fingerprint density at radius 1 is 1.17 bits per heavy atom. The predicted octanol–water partition coefficient (Wildman–Crippen LogP) is 0.600. The summed E-state index contributed by atoms with van der Waals surface area (Å²) in [6.45, 7) is 0.195. The number of rotatable bonds is 6. The van der Waals surface area contributed by atoms with Crippen molar-refractivity contribution in [1.82, 2.24) is 9.03 Å². The zero-order valence-corrected chi connectivity index (χ0v) is 11.7. The van der Waals surface area contributed by atoms with E-state index in [1.807, 2.05) is 0 Å². The molecular weight excluding hydrogens is 256 g/mol. The maximum atomic E-state index is 11.5. The minimum Gasteiger partial charge on any atom is -0.493 e. The highest BCUT2D eigenvalue weighted by atomic mass is 32.2. The molecule has 0 spiro atoms. The second kappa shape index (κ2) is 6.03. The number of methoxy groups -OCH3 is 2. The van der Waals surface area contributed by atoms with E-state index in [2.05, 4.69) is 4.72 Å². The summed E-state index contributed by atoms with van der Waals surface area (Å²) in [5, 5.41) is 0. The number of benzene rings is 1. The van der Waals surface area contributed by atoms with Gasteiger partial charge in [-0.3, -0.25) is 0 Å². The van der Waals surface area contributed by atoms with E-state index in [1.165, 1.54) is 21.2 Å². The van der Waals surface area contributed by atoms with Crippen LogP contribution in [0.1, 0.15) is 5.56 Å². The molecule has 0 bridgehead atoms. The summed E-state index contributed by atoms with van der Waals surface area (Å²) in [7, 11) is 2.60. The van der Waals surface area contributed by atoms with Crippen LogP contribution in [0.15, 0.2) is 18.2 Å². The van der Waals surface area contributed by atoms with Crippen molar-refractivity contribution in [1.29, 1.82) is 0 Å². The van der Waals surface area contributed by atoms with Crippen molar-refractivity contribution in [3.05, 3.63) is 23.8 Å². The lowest BCUT2D eigenvalue weighted by Crippen LogP contribution is -2.35. The van der Waals surface area contributed by atoms with Gasteiger partial charge in [0.1, 0.15) is 0 Å². The Labute approximate surface area is 108 Å². The number of hydrogen-bond donors (Lipinski definition) is 1. The maximum absolute atomic E-state index is 11.5. The van der Waals surface area contributed by atoms with Crippen LogP contribution >= 0.6 is 0 Å². The molecule has 0 atom stereocenters. The van der Waals surface area contributed by atoms with Crippen LogP contribution in [0.5, 0.6) is 11.5 Å². The fraction of sp³-hybridized carbons (Fsp3) is 0.455. The fourth-order valence-corrected chi connectivity index (χ4v) is 1.90. The first-order valence-electron chi connectivity index (χ1n) is 5.28. The topological polar surface area (TPSA) is 67.9 Å². The Morgan fingerprint density at radius 2 is 1.78 bits per heavy atom. The van der Waals surface area contributed by atoms with Gasteiger partial charge in [-0.05, 0) is 17.7 Å². The Bertz CT molecular complexity index is 500. The smallest absolute Gasteiger partial charge is 0.279 e. The number of nitrogens with zero attached hydrogens (tertiary/aromatic N) is 1. The normalized spacial score (nSPS) is 11.6. The van der Waals surface area contributed by atoms with E-state index in [0.717, 1.165) is 9.87 Å². The second-order valence-electron chi connectivity index (χ2n) is 3.80. The van der Waals surface area contributed by atoms with Gasteiger partial charge in [-0.15, -0.1) is 0 Å². The SMILES string of the molecule is COc1ccc(CNS(=O)(=O)N(C)C)cc1OC. The van der Waals surface area contributed by atoms with Crippen molar-refractivity contribution >= 4 is 10.2 Å². The molecule has 0 saturated heterocycles. The molecule has 18 heavy (non-hydrogen) atoms. The fourth-order valence-electron chi connectivity index (χ4n) is 1.29. The summed E-state index contributed by atoms with van der Waals surface area (Å²) >= 11 is 0. The molecule has 0 aromatic heterocycles. The molecule has 6 nitrogen and oxygen atoms in total. The standard InChI is InChI=1S/C11H18N2O4S/c1-13(2)18(14,15)12-8-9-5-6-10(16-3)11(7-9)17-4/h5-7,12H,8H2,1-4H3. The summed E-state index contributed by atoms with van der Waals surface area (Å²) in [6, 6.07) is 5.24. The van der Waals surface area contributed by atoms with Crippen molar-refractivity contribution < 1.29 is 17.9 Å². The van der Waals surface area contributed by atoms with E-state index in [-0.39, 0.29) is 6.54 Å². The summed E-state index contributed by atoms with van der Waals surface area (Å²) in [5.74, 6) is 1.18. The minimum atomic E-state index is -3.42. The van der Waals surface area contributed by atoms with Gasteiger partial charge >= 0.3 is 0 Å². The summed E-state index contributed by atoms with van der Waals surface area (Å²) in [5.41, 5.74) is 0.790. The molecule has 0 heterocycles. The van der Waals surface area contributed by atoms with E-state index in [9.17, 15) is 8.42 Å². The van der Waals surface area contributed by atoms with Crippen LogP contribution in [0.4, 0.5) is 0 Å². The zero-order valence-electron chi connectivity index (χ0n) is 10.9. The number of hydrogen-bond acceptors (Lipinski definition) is 4. The van der Waals surface area contributed by atoms with Crippen molar-refractivity contribution in [3.63, 3.8) is 0 Å². The molecule has 0 fully saturated rings. The van der Waals surface area contributed by atoms with Crippen LogP contribution in [-0.2, 0) is 16.8 Å². The van der Waals surface area contributed by atoms with Crippen LogP contribution < -0.4 is 14.2 Å². The van der Waals surface area contributed by atoms with Crippen molar-refractivity contribution in [3.8, 4) is 11.5 Å². The minimum absolute atomic E-state index is 0.195. The lowest BCUT2D eigenvalue weighted by atomic mass is 10.2. The lowest BCUT2D eigenvalue weighted by molar-refractivity contribution is 0.354. The third-order valence-corrected chi connectivity index (χ3v) is 3.86. The molecule has 0 saturated carbocycles. The lowest BCUT2D eigenvalue weighted by Gasteiger charge is -2.13. The average Bonchev–Trinajstić information content (AvgIpc) is 2.35. The predicted molar refractivity (Wildman–Crippen MR) is 69.0 cm³/mol. The first kappa shape index (κ1) is 14.7. The van der Waals surface area contributed by atoms with E-state index in [1.54, 1.807) is 25.3 Å². The Kier molecular flexibility index (Phi) is 4.94. The molecule has 1 rings (SSSR count). The number of ether oxygens (including phenoxy) is 2.